The number of carbonyl (C=O) groups excluding carboxylic acids is 1. The minimum atomic E-state index is 0.370. The Morgan fingerprint density at radius 2 is 1.46 bits per heavy atom. The van der Waals surface area contributed by atoms with Crippen LogP contribution in [0.25, 0.3) is 0 Å². The lowest BCUT2D eigenvalue weighted by Crippen LogP contribution is -2.30. The number of fused-ring (bicyclic) bond motifs is 9. The van der Waals surface area contributed by atoms with Gasteiger partial charge in [0.05, 0.1) is 0 Å². The number of Topliss-reactive ketones (excluding diaryl/α,β-unsaturated/α-hetero) is 1. The highest BCUT2D eigenvalue weighted by atomic mass is 16.1. The van der Waals surface area contributed by atoms with E-state index >= 15 is 0 Å². The van der Waals surface area contributed by atoms with Crippen molar-refractivity contribution >= 4 is 5.78 Å². The average molecular weight is 172 g/mol. The van der Waals surface area contributed by atoms with Crippen molar-refractivity contribution in [3.05, 3.63) is 24.3 Å². The van der Waals surface area contributed by atoms with E-state index < -0.39 is 0 Å². The fourth-order valence-electron chi connectivity index (χ4n) is 3.97. The first-order chi connectivity index (χ1) is 6.36. The Balaban J connectivity index is 1.92. The lowest BCUT2D eigenvalue weighted by atomic mass is 9.76. The van der Waals surface area contributed by atoms with Crippen LogP contribution in [0.4, 0.5) is 0 Å². The van der Waals surface area contributed by atoms with Crippen molar-refractivity contribution in [3.63, 3.8) is 0 Å². The standard InChI is InChI=1S/C12H12O/c13-12-10-6-1-2-7(5-6)11(12)9-4-3-8(9)10/h1-4,6-11H,5H2. The van der Waals surface area contributed by atoms with Crippen LogP contribution in [0, 0.1) is 35.5 Å². The first kappa shape index (κ1) is 6.58. The molecule has 4 aliphatic rings. The van der Waals surface area contributed by atoms with Gasteiger partial charge in [0.15, 0.2) is 0 Å². The third kappa shape index (κ3) is 0.551. The summed E-state index contributed by atoms with van der Waals surface area (Å²) >= 11 is 0. The van der Waals surface area contributed by atoms with Gasteiger partial charge in [0.25, 0.3) is 0 Å². The van der Waals surface area contributed by atoms with Gasteiger partial charge in [-0.1, -0.05) is 24.3 Å². The Kier molecular flexibility index (Phi) is 0.919. The predicted octanol–water partition coefficient (Wildman–Crippen LogP) is 1.81. The van der Waals surface area contributed by atoms with E-state index in [1.807, 2.05) is 0 Å². The number of rotatable bonds is 0. The molecule has 0 N–H and O–H groups in total. The van der Waals surface area contributed by atoms with Gasteiger partial charge in [-0.3, -0.25) is 4.79 Å². The second-order valence-electron chi connectivity index (χ2n) is 4.94. The minimum Gasteiger partial charge on any atom is -0.299 e. The first-order valence-corrected chi connectivity index (χ1v) is 5.26. The van der Waals surface area contributed by atoms with Crippen molar-refractivity contribution in [1.29, 1.82) is 0 Å². The average Bonchev–Trinajstić information content (AvgIpc) is 2.53. The third-order valence-corrected chi connectivity index (χ3v) is 4.56. The van der Waals surface area contributed by atoms with E-state index in [9.17, 15) is 4.79 Å². The molecule has 0 spiro atoms. The monoisotopic (exact) mass is 172 g/mol. The van der Waals surface area contributed by atoms with Gasteiger partial charge in [0, 0.05) is 11.8 Å². The highest BCUT2D eigenvalue weighted by molar-refractivity contribution is 5.90. The number of ketones is 1. The summed E-state index contributed by atoms with van der Waals surface area (Å²) in [5.74, 6) is 3.74. The molecule has 13 heavy (non-hydrogen) atoms. The summed E-state index contributed by atoms with van der Waals surface area (Å²) in [6.07, 6.45) is 10.4. The van der Waals surface area contributed by atoms with Crippen molar-refractivity contribution in [3.8, 4) is 0 Å². The summed E-state index contributed by atoms with van der Waals surface area (Å²) in [6, 6.07) is 0. The molecule has 0 heterocycles. The molecule has 0 aromatic carbocycles. The lowest BCUT2D eigenvalue weighted by Gasteiger charge is -2.27. The zero-order valence-corrected chi connectivity index (χ0v) is 7.39. The molecule has 4 bridgehead atoms. The predicted molar refractivity (Wildman–Crippen MR) is 48.8 cm³/mol. The summed E-state index contributed by atoms with van der Waals surface area (Å²) in [6.45, 7) is 0. The molecule has 6 atom stereocenters. The fraction of sp³-hybridized carbons (Fsp3) is 0.583. The second kappa shape index (κ2) is 1.82. The second-order valence-corrected chi connectivity index (χ2v) is 4.94. The van der Waals surface area contributed by atoms with Crippen LogP contribution in [0.5, 0.6) is 0 Å². The molecule has 1 nitrogen and oxygen atoms in total. The molecule has 0 aromatic rings. The molecule has 0 aromatic heterocycles. The van der Waals surface area contributed by atoms with E-state index in [-0.39, 0.29) is 0 Å². The first-order valence-electron chi connectivity index (χ1n) is 5.26. The van der Waals surface area contributed by atoms with Gasteiger partial charge in [-0.25, -0.2) is 0 Å². The quantitative estimate of drug-likeness (QED) is 0.509. The van der Waals surface area contributed by atoms with Crippen LogP contribution in [0.2, 0.25) is 0 Å². The van der Waals surface area contributed by atoms with Gasteiger partial charge in [0.2, 0.25) is 0 Å². The van der Waals surface area contributed by atoms with Gasteiger partial charge in [-0.05, 0) is 30.1 Å². The van der Waals surface area contributed by atoms with Crippen molar-refractivity contribution in [2.24, 2.45) is 35.5 Å². The Labute approximate surface area is 77.5 Å². The van der Waals surface area contributed by atoms with Gasteiger partial charge in [0.1, 0.15) is 5.78 Å². The molecule has 6 unspecified atom stereocenters. The number of hydrogen-bond acceptors (Lipinski definition) is 1. The van der Waals surface area contributed by atoms with E-state index in [2.05, 4.69) is 24.3 Å². The fourth-order valence-corrected chi connectivity index (χ4v) is 3.97. The Morgan fingerprint density at radius 3 is 1.92 bits per heavy atom. The summed E-state index contributed by atoms with van der Waals surface area (Å²) in [5.41, 5.74) is 0. The van der Waals surface area contributed by atoms with Crippen LogP contribution in [-0.4, -0.2) is 5.78 Å². The van der Waals surface area contributed by atoms with Crippen molar-refractivity contribution in [1.82, 2.24) is 0 Å². The Hall–Kier alpha value is -0.850. The Morgan fingerprint density at radius 1 is 0.923 bits per heavy atom. The molecular formula is C12H12O. The summed E-state index contributed by atoms with van der Waals surface area (Å²) in [7, 11) is 0. The van der Waals surface area contributed by atoms with Crippen LogP contribution in [0.15, 0.2) is 24.3 Å². The summed E-state index contributed by atoms with van der Waals surface area (Å²) in [4.78, 5) is 12.0. The van der Waals surface area contributed by atoms with Crippen molar-refractivity contribution in [2.45, 2.75) is 6.42 Å². The number of hydrogen-bond donors (Lipinski definition) is 0. The van der Waals surface area contributed by atoms with E-state index in [1.54, 1.807) is 0 Å². The molecule has 0 aliphatic heterocycles. The molecule has 66 valence electrons. The van der Waals surface area contributed by atoms with Gasteiger partial charge in [-0.2, -0.15) is 0 Å². The molecule has 0 amide bonds. The van der Waals surface area contributed by atoms with Gasteiger partial charge >= 0.3 is 0 Å². The molecular weight excluding hydrogens is 160 g/mol. The topological polar surface area (TPSA) is 17.1 Å². The summed E-state index contributed by atoms with van der Waals surface area (Å²) in [5, 5.41) is 0. The van der Waals surface area contributed by atoms with Crippen LogP contribution in [0.1, 0.15) is 6.42 Å². The maximum atomic E-state index is 12.0. The molecule has 1 heteroatoms. The van der Waals surface area contributed by atoms with Crippen LogP contribution < -0.4 is 0 Å². The molecule has 0 saturated heterocycles. The van der Waals surface area contributed by atoms with Crippen LogP contribution in [0.3, 0.4) is 0 Å². The van der Waals surface area contributed by atoms with Crippen molar-refractivity contribution in [2.75, 3.05) is 0 Å². The zero-order valence-electron chi connectivity index (χ0n) is 7.39. The maximum Gasteiger partial charge on any atom is 0.141 e. The Bertz CT molecular complexity index is 318. The smallest absolute Gasteiger partial charge is 0.141 e. The highest BCUT2D eigenvalue weighted by Crippen LogP contribution is 2.59. The summed E-state index contributed by atoms with van der Waals surface area (Å²) < 4.78 is 0. The van der Waals surface area contributed by atoms with E-state index in [0.717, 1.165) is 0 Å². The largest absolute Gasteiger partial charge is 0.299 e. The minimum absolute atomic E-state index is 0.370. The maximum absolute atomic E-state index is 12.0. The lowest BCUT2D eigenvalue weighted by molar-refractivity contribution is -0.128. The normalized spacial score (nSPS) is 59.5. The highest BCUT2D eigenvalue weighted by Gasteiger charge is 2.59. The SMILES string of the molecule is O=C1C2C3C=CC(C3)C1C1C=CC12. The van der Waals surface area contributed by atoms with E-state index in [0.29, 0.717) is 41.3 Å². The molecule has 2 saturated carbocycles. The van der Waals surface area contributed by atoms with Crippen LogP contribution >= 0.6 is 0 Å². The van der Waals surface area contributed by atoms with Gasteiger partial charge < -0.3 is 0 Å². The molecule has 2 fully saturated rings. The molecule has 4 rings (SSSR count). The van der Waals surface area contributed by atoms with E-state index in [1.165, 1.54) is 6.42 Å². The van der Waals surface area contributed by atoms with Crippen molar-refractivity contribution < 1.29 is 4.79 Å². The van der Waals surface area contributed by atoms with E-state index in [4.69, 9.17) is 0 Å². The molecule has 4 aliphatic carbocycles. The number of carbonyl (C=O) groups is 1. The number of allylic oxidation sites excluding steroid dienone is 4. The van der Waals surface area contributed by atoms with Gasteiger partial charge in [-0.15, -0.1) is 0 Å². The zero-order chi connectivity index (χ0) is 8.58. The third-order valence-electron chi connectivity index (χ3n) is 4.56. The van der Waals surface area contributed by atoms with Crippen LogP contribution in [-0.2, 0) is 4.79 Å². The molecule has 0 radical (unpaired) electrons.